The van der Waals surface area contributed by atoms with Gasteiger partial charge in [-0.15, -0.1) is 10.2 Å². The Morgan fingerprint density at radius 1 is 1.77 bits per heavy atom. The summed E-state index contributed by atoms with van der Waals surface area (Å²) in [5, 5.41) is 8.08. The van der Waals surface area contributed by atoms with Crippen LogP contribution in [0.25, 0.3) is 0 Å². The summed E-state index contributed by atoms with van der Waals surface area (Å²) < 4.78 is 2.15. The molecule has 2 atom stereocenters. The van der Waals surface area contributed by atoms with E-state index >= 15 is 0 Å². The maximum absolute atomic E-state index is 5.79. The van der Waals surface area contributed by atoms with Crippen molar-refractivity contribution < 1.29 is 0 Å². The molecular weight excluding hydrogens is 164 g/mol. The summed E-state index contributed by atoms with van der Waals surface area (Å²) in [6.45, 7) is 3.12. The molecule has 13 heavy (non-hydrogen) atoms. The molecule has 4 nitrogen and oxygen atoms in total. The third-order valence-electron chi connectivity index (χ3n) is 2.62. The smallest absolute Gasteiger partial charge is 0.135 e. The van der Waals surface area contributed by atoms with Gasteiger partial charge in [0.05, 0.1) is 0 Å². The number of hydrogen-bond acceptors (Lipinski definition) is 3. The van der Waals surface area contributed by atoms with Crippen LogP contribution in [0.2, 0.25) is 0 Å². The van der Waals surface area contributed by atoms with Crippen LogP contribution in [0.1, 0.15) is 37.9 Å². The summed E-state index contributed by atoms with van der Waals surface area (Å²) >= 11 is 0. The maximum atomic E-state index is 5.79. The van der Waals surface area contributed by atoms with Crippen LogP contribution in [-0.4, -0.2) is 20.8 Å². The van der Waals surface area contributed by atoms with Gasteiger partial charge in [-0.3, -0.25) is 0 Å². The number of hydrogen-bond donors (Lipinski definition) is 1. The molecule has 1 aromatic rings. The van der Waals surface area contributed by atoms with Crippen LogP contribution in [0.5, 0.6) is 0 Å². The molecule has 1 aromatic heterocycles. The van der Waals surface area contributed by atoms with Gasteiger partial charge in [-0.1, -0.05) is 0 Å². The van der Waals surface area contributed by atoms with Crippen LogP contribution in [0.3, 0.4) is 0 Å². The first kappa shape index (κ1) is 8.69. The number of rotatable bonds is 2. The fraction of sp³-hybridized carbons (Fsp3) is 0.778. The first-order valence-corrected chi connectivity index (χ1v) is 4.90. The Kier molecular flexibility index (Phi) is 2.31. The Balaban J connectivity index is 2.15. The molecule has 0 bridgehead atoms. The first-order chi connectivity index (χ1) is 6.27. The molecule has 2 rings (SSSR count). The van der Waals surface area contributed by atoms with E-state index in [1.807, 2.05) is 6.33 Å². The molecule has 1 aliphatic rings. The number of aromatic nitrogens is 3. The second kappa shape index (κ2) is 3.46. The summed E-state index contributed by atoms with van der Waals surface area (Å²) in [6.07, 6.45) is 5.28. The molecule has 0 radical (unpaired) electrons. The van der Waals surface area contributed by atoms with Gasteiger partial charge in [0.1, 0.15) is 12.2 Å². The molecule has 0 saturated heterocycles. The lowest BCUT2D eigenvalue weighted by atomic mass is 9.93. The van der Waals surface area contributed by atoms with E-state index in [9.17, 15) is 0 Å². The van der Waals surface area contributed by atoms with E-state index in [1.54, 1.807) is 0 Å². The molecule has 1 aliphatic heterocycles. The Bertz CT molecular complexity index is 279. The molecule has 2 heterocycles. The molecule has 72 valence electrons. The number of nitrogens with two attached hydrogens (primary N) is 1. The van der Waals surface area contributed by atoms with E-state index in [1.165, 1.54) is 12.8 Å². The minimum atomic E-state index is 0.258. The fourth-order valence-electron chi connectivity index (χ4n) is 2.06. The van der Waals surface area contributed by atoms with Crippen molar-refractivity contribution in [2.24, 2.45) is 5.73 Å². The van der Waals surface area contributed by atoms with Crippen molar-refractivity contribution in [1.29, 1.82) is 0 Å². The molecule has 2 N–H and O–H groups in total. The second-order valence-electron chi connectivity index (χ2n) is 3.93. The molecule has 0 saturated carbocycles. The van der Waals surface area contributed by atoms with Crippen LogP contribution >= 0.6 is 0 Å². The van der Waals surface area contributed by atoms with Crippen LogP contribution in [-0.2, 0) is 6.54 Å². The summed E-state index contributed by atoms with van der Waals surface area (Å²) in [7, 11) is 0. The highest BCUT2D eigenvalue weighted by atomic mass is 15.3. The lowest BCUT2D eigenvalue weighted by Crippen LogP contribution is -2.23. The molecule has 2 unspecified atom stereocenters. The summed E-state index contributed by atoms with van der Waals surface area (Å²) in [6, 6.07) is 0.258. The lowest BCUT2D eigenvalue weighted by molar-refractivity contribution is 0.406. The normalized spacial score (nSPS) is 24.0. The lowest BCUT2D eigenvalue weighted by Gasteiger charge is -2.23. The largest absolute Gasteiger partial charge is 0.328 e. The molecule has 0 amide bonds. The Labute approximate surface area is 78.1 Å². The van der Waals surface area contributed by atoms with Gasteiger partial charge >= 0.3 is 0 Å². The van der Waals surface area contributed by atoms with Crippen LogP contribution in [0.4, 0.5) is 0 Å². The van der Waals surface area contributed by atoms with E-state index in [4.69, 9.17) is 5.73 Å². The predicted octanol–water partition coefficient (Wildman–Crippen LogP) is 0.893. The van der Waals surface area contributed by atoms with Gasteiger partial charge in [0.15, 0.2) is 0 Å². The van der Waals surface area contributed by atoms with Crippen molar-refractivity contribution in [3.63, 3.8) is 0 Å². The van der Waals surface area contributed by atoms with Crippen molar-refractivity contribution in [1.82, 2.24) is 14.8 Å². The van der Waals surface area contributed by atoms with Gasteiger partial charge in [-0.05, 0) is 26.2 Å². The van der Waals surface area contributed by atoms with Gasteiger partial charge in [0.25, 0.3) is 0 Å². The van der Waals surface area contributed by atoms with Gasteiger partial charge in [0, 0.05) is 18.5 Å². The third-order valence-corrected chi connectivity index (χ3v) is 2.62. The zero-order valence-electron chi connectivity index (χ0n) is 7.98. The van der Waals surface area contributed by atoms with Gasteiger partial charge in [-0.2, -0.15) is 0 Å². The van der Waals surface area contributed by atoms with Crippen molar-refractivity contribution in [3.05, 3.63) is 12.2 Å². The van der Waals surface area contributed by atoms with Crippen molar-refractivity contribution in [3.8, 4) is 0 Å². The van der Waals surface area contributed by atoms with E-state index in [0.717, 1.165) is 18.8 Å². The minimum absolute atomic E-state index is 0.258. The first-order valence-electron chi connectivity index (χ1n) is 4.90. The zero-order valence-corrected chi connectivity index (χ0v) is 7.98. The number of fused-ring (bicyclic) bond motifs is 1. The van der Waals surface area contributed by atoms with Crippen molar-refractivity contribution in [2.75, 3.05) is 0 Å². The molecule has 4 heteroatoms. The van der Waals surface area contributed by atoms with Gasteiger partial charge in [-0.25, -0.2) is 0 Å². The molecule has 0 aliphatic carbocycles. The summed E-state index contributed by atoms with van der Waals surface area (Å²) in [5.41, 5.74) is 5.79. The van der Waals surface area contributed by atoms with Crippen LogP contribution in [0.15, 0.2) is 6.33 Å². The van der Waals surface area contributed by atoms with Crippen molar-refractivity contribution in [2.45, 2.75) is 44.7 Å². The van der Waals surface area contributed by atoms with Crippen LogP contribution in [0, 0.1) is 0 Å². The number of aryl methyl sites for hydroxylation is 1. The third kappa shape index (κ3) is 1.72. The summed E-state index contributed by atoms with van der Waals surface area (Å²) in [4.78, 5) is 0. The SMILES string of the molecule is CC(N)CC1CCCn2cnnc21. The quantitative estimate of drug-likeness (QED) is 0.735. The fourth-order valence-corrected chi connectivity index (χ4v) is 2.06. The minimum Gasteiger partial charge on any atom is -0.328 e. The Hall–Kier alpha value is -0.900. The van der Waals surface area contributed by atoms with Gasteiger partial charge in [0.2, 0.25) is 0 Å². The summed E-state index contributed by atoms with van der Waals surface area (Å²) in [5.74, 6) is 1.65. The van der Waals surface area contributed by atoms with E-state index in [-0.39, 0.29) is 6.04 Å². The average Bonchev–Trinajstić information content (AvgIpc) is 2.51. The average molecular weight is 180 g/mol. The highest BCUT2D eigenvalue weighted by Crippen LogP contribution is 2.28. The topological polar surface area (TPSA) is 56.7 Å². The van der Waals surface area contributed by atoms with Crippen molar-refractivity contribution >= 4 is 0 Å². The Morgan fingerprint density at radius 2 is 2.62 bits per heavy atom. The van der Waals surface area contributed by atoms with E-state index in [2.05, 4.69) is 21.7 Å². The van der Waals surface area contributed by atoms with Gasteiger partial charge < -0.3 is 10.3 Å². The molecule has 0 aromatic carbocycles. The second-order valence-corrected chi connectivity index (χ2v) is 3.93. The number of nitrogens with zero attached hydrogens (tertiary/aromatic N) is 3. The highest BCUT2D eigenvalue weighted by Gasteiger charge is 2.22. The molecular formula is C9H16N4. The van der Waals surface area contributed by atoms with E-state index < -0.39 is 0 Å². The zero-order chi connectivity index (χ0) is 9.26. The van der Waals surface area contributed by atoms with E-state index in [0.29, 0.717) is 5.92 Å². The maximum Gasteiger partial charge on any atom is 0.135 e. The molecule has 0 fully saturated rings. The Morgan fingerprint density at radius 3 is 3.38 bits per heavy atom. The monoisotopic (exact) mass is 180 g/mol. The van der Waals surface area contributed by atoms with Crippen LogP contribution < -0.4 is 5.73 Å². The highest BCUT2D eigenvalue weighted by molar-refractivity contribution is 5.00. The molecule has 0 spiro atoms. The standard InChI is InChI=1S/C9H16N4/c1-7(10)5-8-3-2-4-13-6-11-12-9(8)13/h6-8H,2-5,10H2,1H3. The predicted molar refractivity (Wildman–Crippen MR) is 50.3 cm³/mol.